The van der Waals surface area contributed by atoms with Crippen molar-refractivity contribution in [1.82, 2.24) is 4.72 Å². The Kier molecular flexibility index (Phi) is 4.73. The third kappa shape index (κ3) is 4.14. The van der Waals surface area contributed by atoms with E-state index in [1.165, 1.54) is 6.07 Å². The van der Waals surface area contributed by atoms with E-state index < -0.39 is 10.0 Å². The van der Waals surface area contributed by atoms with Crippen molar-refractivity contribution in [2.24, 2.45) is 11.7 Å². The van der Waals surface area contributed by atoms with Crippen LogP contribution in [0.4, 0.5) is 0 Å². The Bertz CT molecular complexity index is 451. The Hall–Kier alpha value is -0.850. The van der Waals surface area contributed by atoms with Crippen LogP contribution in [0.15, 0.2) is 21.6 Å². The van der Waals surface area contributed by atoms with Crippen LogP contribution in [0.25, 0.3) is 0 Å². The number of nitrogens with two attached hydrogens (primary N) is 1. The highest BCUT2D eigenvalue weighted by Crippen LogP contribution is 2.15. The van der Waals surface area contributed by atoms with Gasteiger partial charge in [0, 0.05) is 6.04 Å². The second kappa shape index (κ2) is 5.66. The summed E-state index contributed by atoms with van der Waals surface area (Å²) in [6, 6.07) is 2.88. The second-order valence-corrected chi connectivity index (χ2v) is 6.22. The first-order valence-corrected chi connectivity index (χ1v) is 7.14. The quantitative estimate of drug-likeness (QED) is 0.810. The van der Waals surface area contributed by atoms with Gasteiger partial charge in [-0.25, -0.2) is 13.1 Å². The van der Waals surface area contributed by atoms with Crippen molar-refractivity contribution in [2.45, 2.75) is 44.9 Å². The third-order valence-electron chi connectivity index (χ3n) is 2.28. The highest BCUT2D eigenvalue weighted by atomic mass is 32.2. The van der Waals surface area contributed by atoms with E-state index >= 15 is 0 Å². The Morgan fingerprint density at radius 2 is 2.00 bits per heavy atom. The van der Waals surface area contributed by atoms with Crippen molar-refractivity contribution in [3.63, 3.8) is 0 Å². The molecule has 0 fully saturated rings. The van der Waals surface area contributed by atoms with E-state index in [2.05, 4.69) is 4.72 Å². The first-order valence-electron chi connectivity index (χ1n) is 5.66. The highest BCUT2D eigenvalue weighted by Gasteiger charge is 2.21. The molecular formula is C11H20N2O3S. The van der Waals surface area contributed by atoms with Crippen molar-refractivity contribution in [3.8, 4) is 0 Å². The van der Waals surface area contributed by atoms with Crippen LogP contribution < -0.4 is 10.5 Å². The lowest BCUT2D eigenvalue weighted by molar-refractivity contribution is 0.406. The molecule has 1 unspecified atom stereocenters. The minimum Gasteiger partial charge on any atom is -0.447 e. The van der Waals surface area contributed by atoms with Crippen LogP contribution >= 0.6 is 0 Å². The Morgan fingerprint density at radius 3 is 2.47 bits per heavy atom. The topological polar surface area (TPSA) is 85.3 Å². The lowest BCUT2D eigenvalue weighted by Gasteiger charge is -2.14. The van der Waals surface area contributed by atoms with Gasteiger partial charge in [-0.1, -0.05) is 13.8 Å². The van der Waals surface area contributed by atoms with Gasteiger partial charge in [0.05, 0.1) is 6.54 Å². The average Bonchev–Trinajstić information content (AvgIpc) is 2.63. The largest absolute Gasteiger partial charge is 0.447 e. The molecule has 17 heavy (non-hydrogen) atoms. The zero-order valence-electron chi connectivity index (χ0n) is 10.4. The minimum atomic E-state index is -3.57. The van der Waals surface area contributed by atoms with Crippen LogP contribution in [0.2, 0.25) is 0 Å². The van der Waals surface area contributed by atoms with Crippen LogP contribution in [0, 0.1) is 5.92 Å². The van der Waals surface area contributed by atoms with Crippen LogP contribution in [-0.2, 0) is 16.6 Å². The van der Waals surface area contributed by atoms with Crippen molar-refractivity contribution in [3.05, 3.63) is 17.9 Å². The van der Waals surface area contributed by atoms with E-state index in [4.69, 9.17) is 10.2 Å². The first-order chi connectivity index (χ1) is 7.85. The average molecular weight is 260 g/mol. The van der Waals surface area contributed by atoms with Gasteiger partial charge in [0.15, 0.2) is 0 Å². The molecule has 3 N–H and O–H groups in total. The van der Waals surface area contributed by atoms with Crippen LogP contribution in [0.3, 0.4) is 0 Å². The molecule has 1 aromatic heterocycles. The maximum absolute atomic E-state index is 11.9. The molecule has 1 aromatic rings. The summed E-state index contributed by atoms with van der Waals surface area (Å²) in [5.41, 5.74) is 5.36. The van der Waals surface area contributed by atoms with Gasteiger partial charge in [0.1, 0.15) is 5.76 Å². The van der Waals surface area contributed by atoms with Gasteiger partial charge in [0.2, 0.25) is 5.09 Å². The number of rotatable bonds is 6. The summed E-state index contributed by atoms with van der Waals surface area (Å²) in [6.45, 7) is 6.12. The van der Waals surface area contributed by atoms with Gasteiger partial charge < -0.3 is 10.2 Å². The number of furan rings is 1. The van der Waals surface area contributed by atoms with E-state index in [1.54, 1.807) is 6.07 Å². The fraction of sp³-hybridized carbons (Fsp3) is 0.636. The van der Waals surface area contributed by atoms with Crippen LogP contribution in [0.5, 0.6) is 0 Å². The maximum atomic E-state index is 11.9. The van der Waals surface area contributed by atoms with E-state index in [0.29, 0.717) is 11.7 Å². The Labute approximate surface area is 102 Å². The molecule has 0 aromatic carbocycles. The standard InChI is InChI=1S/C11H20N2O3S/c1-8(2)6-9(3)13-17(14,15)11-5-4-10(7-12)16-11/h4-5,8-9,13H,6-7,12H2,1-3H3. The lowest BCUT2D eigenvalue weighted by atomic mass is 10.1. The van der Waals surface area contributed by atoms with Crippen LogP contribution in [-0.4, -0.2) is 14.5 Å². The lowest BCUT2D eigenvalue weighted by Crippen LogP contribution is -2.33. The molecular weight excluding hydrogens is 240 g/mol. The summed E-state index contributed by atoms with van der Waals surface area (Å²) in [5, 5.41) is -0.0754. The molecule has 1 rings (SSSR count). The van der Waals surface area contributed by atoms with Gasteiger partial charge in [-0.05, 0) is 31.4 Å². The summed E-state index contributed by atoms with van der Waals surface area (Å²) >= 11 is 0. The highest BCUT2D eigenvalue weighted by molar-refractivity contribution is 7.89. The molecule has 0 aliphatic carbocycles. The van der Waals surface area contributed by atoms with Crippen molar-refractivity contribution < 1.29 is 12.8 Å². The number of hydrogen-bond acceptors (Lipinski definition) is 4. The fourth-order valence-corrected chi connectivity index (χ4v) is 2.90. The number of nitrogens with one attached hydrogen (secondary N) is 1. The van der Waals surface area contributed by atoms with E-state index in [-0.39, 0.29) is 17.7 Å². The van der Waals surface area contributed by atoms with E-state index in [1.807, 2.05) is 20.8 Å². The van der Waals surface area contributed by atoms with Gasteiger partial charge in [-0.3, -0.25) is 0 Å². The van der Waals surface area contributed by atoms with Gasteiger partial charge in [-0.2, -0.15) is 0 Å². The van der Waals surface area contributed by atoms with E-state index in [0.717, 1.165) is 6.42 Å². The molecule has 0 saturated carbocycles. The zero-order valence-corrected chi connectivity index (χ0v) is 11.3. The number of sulfonamides is 1. The predicted molar refractivity (Wildman–Crippen MR) is 65.8 cm³/mol. The summed E-state index contributed by atoms with van der Waals surface area (Å²) in [6.07, 6.45) is 0.781. The van der Waals surface area contributed by atoms with Crippen molar-refractivity contribution in [2.75, 3.05) is 0 Å². The second-order valence-electron chi connectivity index (χ2n) is 4.58. The summed E-state index contributed by atoms with van der Waals surface area (Å²) in [7, 11) is -3.57. The molecule has 6 heteroatoms. The summed E-state index contributed by atoms with van der Waals surface area (Å²) < 4.78 is 31.5. The monoisotopic (exact) mass is 260 g/mol. The van der Waals surface area contributed by atoms with Gasteiger partial charge in [-0.15, -0.1) is 0 Å². The van der Waals surface area contributed by atoms with E-state index in [9.17, 15) is 8.42 Å². The molecule has 0 spiro atoms. The van der Waals surface area contributed by atoms with Crippen molar-refractivity contribution in [1.29, 1.82) is 0 Å². The molecule has 0 bridgehead atoms. The molecule has 0 amide bonds. The predicted octanol–water partition coefficient (Wildman–Crippen LogP) is 1.45. The molecule has 1 atom stereocenters. The SMILES string of the molecule is CC(C)CC(C)NS(=O)(=O)c1ccc(CN)o1. The van der Waals surface area contributed by atoms with Crippen LogP contribution in [0.1, 0.15) is 33.0 Å². The minimum absolute atomic E-state index is 0.0754. The molecule has 1 heterocycles. The molecule has 0 aliphatic rings. The molecule has 98 valence electrons. The zero-order chi connectivity index (χ0) is 13.1. The fourth-order valence-electron chi connectivity index (χ4n) is 1.69. The van der Waals surface area contributed by atoms with Crippen molar-refractivity contribution >= 4 is 10.0 Å². The normalized spacial score (nSPS) is 14.2. The molecule has 0 saturated heterocycles. The smallest absolute Gasteiger partial charge is 0.274 e. The first kappa shape index (κ1) is 14.2. The third-order valence-corrected chi connectivity index (χ3v) is 3.75. The maximum Gasteiger partial charge on any atom is 0.274 e. The molecule has 0 aliphatic heterocycles. The Balaban J connectivity index is 2.74. The summed E-state index contributed by atoms with van der Waals surface area (Å²) in [4.78, 5) is 0. The summed E-state index contributed by atoms with van der Waals surface area (Å²) in [5.74, 6) is 0.894. The van der Waals surface area contributed by atoms with Gasteiger partial charge in [0.25, 0.3) is 10.0 Å². The van der Waals surface area contributed by atoms with Gasteiger partial charge >= 0.3 is 0 Å². The molecule has 0 radical (unpaired) electrons. The number of hydrogen-bond donors (Lipinski definition) is 2. The molecule has 5 nitrogen and oxygen atoms in total. The Morgan fingerprint density at radius 1 is 1.35 bits per heavy atom.